The molecule has 2 N–H and O–H groups in total. The SMILES string of the molecule is NC(=O)C1(N2CCCCC2)CCN(C(=O)c2cccc(F)c2)CC1. The molecule has 0 unspecified atom stereocenters. The molecule has 0 aliphatic carbocycles. The van der Waals surface area contributed by atoms with Crippen molar-refractivity contribution in [3.8, 4) is 0 Å². The zero-order valence-electron chi connectivity index (χ0n) is 13.8. The molecular weight excluding hydrogens is 309 g/mol. The minimum absolute atomic E-state index is 0.189. The number of amides is 2. The Labute approximate surface area is 141 Å². The number of carbonyl (C=O) groups excluding carboxylic acids is 2. The first-order chi connectivity index (χ1) is 11.5. The largest absolute Gasteiger partial charge is 0.368 e. The van der Waals surface area contributed by atoms with Gasteiger partial charge in [0.15, 0.2) is 0 Å². The van der Waals surface area contributed by atoms with Crippen LogP contribution >= 0.6 is 0 Å². The number of hydrogen-bond donors (Lipinski definition) is 1. The first-order valence-corrected chi connectivity index (χ1v) is 8.63. The second kappa shape index (κ2) is 6.89. The molecule has 5 nitrogen and oxygen atoms in total. The summed E-state index contributed by atoms with van der Waals surface area (Å²) in [6.07, 6.45) is 4.45. The van der Waals surface area contributed by atoms with Gasteiger partial charge in [0.2, 0.25) is 5.91 Å². The second-order valence-electron chi connectivity index (χ2n) is 6.75. The molecule has 0 saturated carbocycles. The van der Waals surface area contributed by atoms with Crippen LogP contribution in [0.3, 0.4) is 0 Å². The molecule has 6 heteroatoms. The topological polar surface area (TPSA) is 66.6 Å². The van der Waals surface area contributed by atoms with E-state index in [1.165, 1.54) is 24.6 Å². The first kappa shape index (κ1) is 16.9. The third-order valence-corrected chi connectivity index (χ3v) is 5.37. The van der Waals surface area contributed by atoms with Crippen LogP contribution in [0.1, 0.15) is 42.5 Å². The van der Waals surface area contributed by atoms with Gasteiger partial charge in [-0.1, -0.05) is 12.5 Å². The normalized spacial score (nSPS) is 21.5. The van der Waals surface area contributed by atoms with E-state index in [0.29, 0.717) is 31.5 Å². The van der Waals surface area contributed by atoms with E-state index < -0.39 is 11.4 Å². The van der Waals surface area contributed by atoms with Gasteiger partial charge >= 0.3 is 0 Å². The number of likely N-dealkylation sites (tertiary alicyclic amines) is 2. The molecule has 0 bridgehead atoms. The Bertz CT molecular complexity index is 620. The van der Waals surface area contributed by atoms with Crippen LogP contribution in [0.2, 0.25) is 0 Å². The average Bonchev–Trinajstić information content (AvgIpc) is 2.62. The van der Waals surface area contributed by atoms with Gasteiger partial charge in [-0.25, -0.2) is 4.39 Å². The van der Waals surface area contributed by atoms with Gasteiger partial charge in [0.1, 0.15) is 11.4 Å². The van der Waals surface area contributed by atoms with Crippen LogP contribution in [-0.4, -0.2) is 53.3 Å². The highest BCUT2D eigenvalue weighted by molar-refractivity contribution is 5.94. The smallest absolute Gasteiger partial charge is 0.253 e. The fourth-order valence-corrected chi connectivity index (χ4v) is 3.92. The Hall–Kier alpha value is -1.95. The molecule has 0 atom stereocenters. The lowest BCUT2D eigenvalue weighted by Gasteiger charge is -2.48. The van der Waals surface area contributed by atoms with Crippen molar-refractivity contribution < 1.29 is 14.0 Å². The third-order valence-electron chi connectivity index (χ3n) is 5.37. The van der Waals surface area contributed by atoms with Crippen LogP contribution in [0.5, 0.6) is 0 Å². The van der Waals surface area contributed by atoms with Crippen molar-refractivity contribution in [2.24, 2.45) is 5.73 Å². The van der Waals surface area contributed by atoms with Crippen LogP contribution in [0.4, 0.5) is 4.39 Å². The van der Waals surface area contributed by atoms with Gasteiger partial charge in [-0.3, -0.25) is 14.5 Å². The second-order valence-corrected chi connectivity index (χ2v) is 6.75. The van der Waals surface area contributed by atoms with Gasteiger partial charge in [-0.2, -0.15) is 0 Å². The maximum absolute atomic E-state index is 13.3. The number of nitrogens with zero attached hydrogens (tertiary/aromatic N) is 2. The zero-order valence-corrected chi connectivity index (χ0v) is 13.8. The van der Waals surface area contributed by atoms with Crippen molar-refractivity contribution in [2.45, 2.75) is 37.6 Å². The summed E-state index contributed by atoms with van der Waals surface area (Å²) in [5.41, 5.74) is 5.46. The third kappa shape index (κ3) is 3.15. The Kier molecular flexibility index (Phi) is 4.85. The molecule has 2 fully saturated rings. The molecule has 130 valence electrons. The minimum atomic E-state index is -0.640. The summed E-state index contributed by atoms with van der Waals surface area (Å²) in [6, 6.07) is 5.73. The number of primary amides is 1. The van der Waals surface area contributed by atoms with E-state index in [9.17, 15) is 14.0 Å². The van der Waals surface area contributed by atoms with E-state index in [2.05, 4.69) is 4.90 Å². The highest BCUT2D eigenvalue weighted by Crippen LogP contribution is 2.32. The maximum Gasteiger partial charge on any atom is 0.253 e. The van der Waals surface area contributed by atoms with Crippen molar-refractivity contribution in [1.29, 1.82) is 0 Å². The highest BCUT2D eigenvalue weighted by Gasteiger charge is 2.45. The maximum atomic E-state index is 13.3. The van der Waals surface area contributed by atoms with Gasteiger partial charge in [-0.05, 0) is 57.0 Å². The fraction of sp³-hybridized carbons (Fsp3) is 0.556. The van der Waals surface area contributed by atoms with Crippen LogP contribution in [-0.2, 0) is 4.79 Å². The van der Waals surface area contributed by atoms with E-state index >= 15 is 0 Å². The lowest BCUT2D eigenvalue weighted by molar-refractivity contribution is -0.134. The van der Waals surface area contributed by atoms with E-state index in [-0.39, 0.29) is 11.8 Å². The quantitative estimate of drug-likeness (QED) is 0.917. The summed E-state index contributed by atoms with van der Waals surface area (Å²) < 4.78 is 13.3. The van der Waals surface area contributed by atoms with E-state index in [4.69, 9.17) is 5.73 Å². The Morgan fingerprint density at radius 1 is 1.04 bits per heavy atom. The van der Waals surface area contributed by atoms with Crippen molar-refractivity contribution in [3.05, 3.63) is 35.6 Å². The van der Waals surface area contributed by atoms with Crippen molar-refractivity contribution in [3.63, 3.8) is 0 Å². The molecule has 2 saturated heterocycles. The van der Waals surface area contributed by atoms with E-state index in [1.54, 1.807) is 11.0 Å². The Morgan fingerprint density at radius 3 is 2.29 bits per heavy atom. The van der Waals surface area contributed by atoms with Gasteiger partial charge in [0, 0.05) is 18.7 Å². The number of rotatable bonds is 3. The summed E-state index contributed by atoms with van der Waals surface area (Å²) in [6.45, 7) is 2.71. The van der Waals surface area contributed by atoms with E-state index in [0.717, 1.165) is 25.9 Å². The molecule has 1 aromatic rings. The molecule has 1 aromatic carbocycles. The van der Waals surface area contributed by atoms with Crippen LogP contribution in [0.15, 0.2) is 24.3 Å². The Morgan fingerprint density at radius 2 is 1.71 bits per heavy atom. The van der Waals surface area contributed by atoms with Crippen LogP contribution in [0, 0.1) is 5.82 Å². The predicted molar refractivity (Wildman–Crippen MR) is 88.9 cm³/mol. The van der Waals surface area contributed by atoms with Crippen molar-refractivity contribution >= 4 is 11.8 Å². The van der Waals surface area contributed by atoms with Crippen LogP contribution < -0.4 is 5.73 Å². The minimum Gasteiger partial charge on any atom is -0.368 e. The number of piperidine rings is 2. The predicted octanol–water partition coefficient (Wildman–Crippen LogP) is 1.77. The van der Waals surface area contributed by atoms with Gasteiger partial charge < -0.3 is 10.6 Å². The van der Waals surface area contributed by atoms with E-state index in [1.807, 2.05) is 0 Å². The van der Waals surface area contributed by atoms with Crippen molar-refractivity contribution in [2.75, 3.05) is 26.2 Å². The number of hydrogen-bond acceptors (Lipinski definition) is 3. The summed E-state index contributed by atoms with van der Waals surface area (Å²) in [4.78, 5) is 28.6. The van der Waals surface area contributed by atoms with Gasteiger partial charge in [-0.15, -0.1) is 0 Å². The summed E-state index contributed by atoms with van der Waals surface area (Å²) in [7, 11) is 0. The zero-order chi connectivity index (χ0) is 17.2. The number of benzene rings is 1. The molecule has 0 spiro atoms. The molecule has 3 rings (SSSR count). The summed E-state index contributed by atoms with van der Waals surface area (Å²) in [5, 5.41) is 0. The average molecular weight is 333 g/mol. The molecule has 2 aliphatic heterocycles. The lowest BCUT2D eigenvalue weighted by atomic mass is 9.83. The summed E-state index contributed by atoms with van der Waals surface area (Å²) in [5.74, 6) is -0.897. The fourth-order valence-electron chi connectivity index (χ4n) is 3.92. The standard InChI is InChI=1S/C18H24FN3O2/c19-15-6-4-5-14(13-15)16(23)21-11-7-18(8-12-21,17(20)24)22-9-2-1-3-10-22/h4-6,13H,1-3,7-12H2,(H2,20,24). The molecule has 24 heavy (non-hydrogen) atoms. The number of nitrogens with two attached hydrogens (primary N) is 1. The highest BCUT2D eigenvalue weighted by atomic mass is 19.1. The Balaban J connectivity index is 1.71. The molecular formula is C18H24FN3O2. The monoisotopic (exact) mass is 333 g/mol. The first-order valence-electron chi connectivity index (χ1n) is 8.63. The summed E-state index contributed by atoms with van der Waals surface area (Å²) >= 11 is 0. The number of halogens is 1. The molecule has 0 aromatic heterocycles. The molecule has 2 aliphatic rings. The molecule has 0 radical (unpaired) electrons. The lowest BCUT2D eigenvalue weighted by Crippen LogP contribution is -2.63. The molecule has 2 heterocycles. The van der Waals surface area contributed by atoms with Gasteiger partial charge in [0.25, 0.3) is 5.91 Å². The molecule has 2 amide bonds. The van der Waals surface area contributed by atoms with Crippen molar-refractivity contribution in [1.82, 2.24) is 9.80 Å². The van der Waals surface area contributed by atoms with Gasteiger partial charge in [0.05, 0.1) is 0 Å². The number of carbonyl (C=O) groups is 2. The van der Waals surface area contributed by atoms with Crippen LogP contribution in [0.25, 0.3) is 0 Å².